The van der Waals surface area contributed by atoms with Crippen molar-refractivity contribution in [3.63, 3.8) is 0 Å². The first-order valence-electron chi connectivity index (χ1n) is 12.4. The lowest BCUT2D eigenvalue weighted by molar-refractivity contribution is -0.193. The molecule has 0 amide bonds. The molecule has 20 heteroatoms. The molecule has 0 bridgehead atoms. The molecular formula is C25H26F9N3O8. The normalized spacial score (nSPS) is 19.7. The summed E-state index contributed by atoms with van der Waals surface area (Å²) in [6, 6.07) is 8.65. The third-order valence-electron chi connectivity index (χ3n) is 5.73. The summed E-state index contributed by atoms with van der Waals surface area (Å²) < 4.78 is 107. The van der Waals surface area contributed by atoms with E-state index in [0.29, 0.717) is 12.6 Å². The summed E-state index contributed by atoms with van der Waals surface area (Å²) in [7, 11) is 0. The van der Waals surface area contributed by atoms with Crippen LogP contribution < -0.4 is 0 Å². The molecule has 3 atom stereocenters. The first-order valence-corrected chi connectivity index (χ1v) is 12.4. The minimum absolute atomic E-state index is 0.183. The van der Waals surface area contributed by atoms with Gasteiger partial charge in [0.2, 0.25) is 0 Å². The molecule has 45 heavy (non-hydrogen) atoms. The number of carbonyl (C=O) groups is 3. The lowest BCUT2D eigenvalue weighted by atomic mass is 10.1. The molecule has 3 heterocycles. The third kappa shape index (κ3) is 15.0. The number of carboxylic acid groups (broad SMARTS) is 3. The molecule has 1 aliphatic carbocycles. The maximum absolute atomic E-state index is 10.6. The van der Waals surface area contributed by atoms with Crippen LogP contribution in [0.4, 0.5) is 39.5 Å². The monoisotopic (exact) mass is 667 g/mol. The first kappa shape index (κ1) is 39.0. The van der Waals surface area contributed by atoms with E-state index in [1.807, 2.05) is 36.9 Å². The van der Waals surface area contributed by atoms with Crippen molar-refractivity contribution in [2.24, 2.45) is 0 Å². The van der Waals surface area contributed by atoms with Crippen molar-refractivity contribution in [1.29, 1.82) is 0 Å². The Morgan fingerprint density at radius 2 is 1.16 bits per heavy atom. The van der Waals surface area contributed by atoms with Crippen LogP contribution >= 0.6 is 0 Å². The zero-order valence-corrected chi connectivity index (χ0v) is 22.7. The fourth-order valence-electron chi connectivity index (χ4n) is 3.77. The Kier molecular flexibility index (Phi) is 15.1. The van der Waals surface area contributed by atoms with E-state index in [1.165, 1.54) is 5.56 Å². The summed E-state index contributed by atoms with van der Waals surface area (Å²) in [5.41, 5.74) is 2.48. The van der Waals surface area contributed by atoms with Crippen molar-refractivity contribution in [2.45, 2.75) is 62.8 Å². The number of alkyl halides is 9. The van der Waals surface area contributed by atoms with E-state index in [2.05, 4.69) is 27.0 Å². The Morgan fingerprint density at radius 3 is 1.56 bits per heavy atom. The number of aromatic nitrogens is 2. The first-order chi connectivity index (χ1) is 20.7. The van der Waals surface area contributed by atoms with E-state index < -0.39 is 36.4 Å². The molecule has 0 aromatic carbocycles. The molecule has 2 aliphatic rings. The van der Waals surface area contributed by atoms with Crippen LogP contribution in [0.5, 0.6) is 0 Å². The second-order valence-electron chi connectivity index (χ2n) is 8.92. The van der Waals surface area contributed by atoms with Gasteiger partial charge in [-0.25, -0.2) is 14.4 Å². The predicted octanol–water partition coefficient (Wildman–Crippen LogP) is 4.33. The summed E-state index contributed by atoms with van der Waals surface area (Å²) in [4.78, 5) is 37.4. The number of fused-ring (bicyclic) bond motifs is 1. The molecule has 0 spiro atoms. The molecule has 0 unspecified atom stereocenters. The summed E-state index contributed by atoms with van der Waals surface area (Å²) in [6.07, 6.45) is -5.34. The topological polar surface area (TPSA) is 159 Å². The molecule has 1 saturated carbocycles. The van der Waals surface area contributed by atoms with Gasteiger partial charge in [-0.05, 0) is 48.2 Å². The maximum Gasteiger partial charge on any atom is 0.490 e. The Balaban J connectivity index is 0.000000396. The number of ether oxygens (including phenoxy) is 2. The van der Waals surface area contributed by atoms with Gasteiger partial charge in [0, 0.05) is 43.9 Å². The van der Waals surface area contributed by atoms with Crippen LogP contribution in [0.25, 0.3) is 0 Å². The highest BCUT2D eigenvalue weighted by atomic mass is 19.4. The number of hydrogen-bond acceptors (Lipinski definition) is 8. The average molecular weight is 667 g/mol. The van der Waals surface area contributed by atoms with Gasteiger partial charge in [0.05, 0.1) is 25.4 Å². The standard InChI is InChI=1S/C19H23N3O2.3C2HF3O2/c1-2-18(24-14-16-5-9-21-10-6-16)19-17(1)22(11-12-23-19)13-15-3-7-20-8-4-15;3*3-2(4,5)1(6)7/h3-10,17-19H,1-2,11-14H2;3*(H,6,7)/t17-,18+,19+;;;/m0.../s1. The predicted molar refractivity (Wildman–Crippen MR) is 131 cm³/mol. The van der Waals surface area contributed by atoms with E-state index in [-0.39, 0.29) is 12.2 Å². The van der Waals surface area contributed by atoms with Gasteiger partial charge in [0.25, 0.3) is 0 Å². The molecule has 0 radical (unpaired) electrons. The van der Waals surface area contributed by atoms with Gasteiger partial charge < -0.3 is 24.8 Å². The van der Waals surface area contributed by atoms with Gasteiger partial charge in [-0.1, -0.05) is 0 Å². The number of carboxylic acids is 3. The summed E-state index contributed by atoms with van der Waals surface area (Å²) in [5, 5.41) is 21.4. The molecule has 4 rings (SSSR count). The van der Waals surface area contributed by atoms with Crippen molar-refractivity contribution in [1.82, 2.24) is 14.9 Å². The van der Waals surface area contributed by atoms with Crippen LogP contribution in [0.1, 0.15) is 24.0 Å². The molecule has 1 saturated heterocycles. The largest absolute Gasteiger partial charge is 0.490 e. The van der Waals surface area contributed by atoms with E-state index >= 15 is 0 Å². The van der Waals surface area contributed by atoms with Crippen molar-refractivity contribution < 1.29 is 78.7 Å². The van der Waals surface area contributed by atoms with Crippen molar-refractivity contribution in [2.75, 3.05) is 13.2 Å². The van der Waals surface area contributed by atoms with Gasteiger partial charge in [-0.3, -0.25) is 14.9 Å². The van der Waals surface area contributed by atoms with Crippen LogP contribution in [0, 0.1) is 0 Å². The molecule has 252 valence electrons. The SMILES string of the molecule is O=C(O)C(F)(F)F.O=C(O)C(F)(F)F.O=C(O)C(F)(F)F.c1cc(CO[C@@H]2CC[C@H]3[C@H]2OCCN3Cc2ccncc2)ccn1. The highest BCUT2D eigenvalue weighted by Gasteiger charge is 2.43. The molecule has 2 fully saturated rings. The van der Waals surface area contributed by atoms with Gasteiger partial charge in [-0.2, -0.15) is 39.5 Å². The molecule has 1 aliphatic heterocycles. The number of halogens is 9. The summed E-state index contributed by atoms with van der Waals surface area (Å²) in [6.45, 7) is 3.36. The minimum Gasteiger partial charge on any atom is -0.475 e. The second-order valence-corrected chi connectivity index (χ2v) is 8.92. The van der Waals surface area contributed by atoms with E-state index in [1.54, 1.807) is 0 Å². The highest BCUT2D eigenvalue weighted by molar-refractivity contribution is 5.73. The zero-order chi connectivity index (χ0) is 34.4. The molecule has 11 nitrogen and oxygen atoms in total. The van der Waals surface area contributed by atoms with Gasteiger partial charge >= 0.3 is 36.4 Å². The van der Waals surface area contributed by atoms with Crippen LogP contribution in [0.3, 0.4) is 0 Å². The fourth-order valence-corrected chi connectivity index (χ4v) is 3.77. The van der Waals surface area contributed by atoms with Gasteiger partial charge in [-0.15, -0.1) is 0 Å². The number of hydrogen-bond donors (Lipinski definition) is 3. The van der Waals surface area contributed by atoms with Crippen molar-refractivity contribution in [3.8, 4) is 0 Å². The van der Waals surface area contributed by atoms with Crippen LogP contribution in [0.15, 0.2) is 49.1 Å². The lowest BCUT2D eigenvalue weighted by Gasteiger charge is -2.39. The smallest absolute Gasteiger partial charge is 0.475 e. The number of morpholine rings is 1. The minimum atomic E-state index is -5.08. The summed E-state index contributed by atoms with van der Waals surface area (Å²) >= 11 is 0. The van der Waals surface area contributed by atoms with Crippen molar-refractivity contribution in [3.05, 3.63) is 60.2 Å². The Hall–Kier alpha value is -4.04. The molecule has 2 aromatic heterocycles. The van der Waals surface area contributed by atoms with Crippen LogP contribution in [0.2, 0.25) is 0 Å². The number of nitrogens with zero attached hydrogens (tertiary/aromatic N) is 3. The Morgan fingerprint density at radius 1 is 0.756 bits per heavy atom. The number of rotatable bonds is 5. The quantitative estimate of drug-likeness (QED) is 0.390. The molecule has 2 aromatic rings. The third-order valence-corrected chi connectivity index (χ3v) is 5.73. The molecular weight excluding hydrogens is 641 g/mol. The van der Waals surface area contributed by atoms with Crippen LogP contribution in [-0.2, 0) is 37.0 Å². The van der Waals surface area contributed by atoms with Gasteiger partial charge in [0.15, 0.2) is 0 Å². The average Bonchev–Trinajstić information content (AvgIpc) is 3.37. The van der Waals surface area contributed by atoms with E-state index in [9.17, 15) is 39.5 Å². The number of aliphatic carboxylic acids is 3. The summed E-state index contributed by atoms with van der Waals surface area (Å²) in [5.74, 6) is -8.27. The van der Waals surface area contributed by atoms with E-state index in [0.717, 1.165) is 38.1 Å². The zero-order valence-electron chi connectivity index (χ0n) is 22.7. The van der Waals surface area contributed by atoms with E-state index in [4.69, 9.17) is 39.2 Å². The maximum atomic E-state index is 10.6. The lowest BCUT2D eigenvalue weighted by Crippen LogP contribution is -2.51. The highest BCUT2D eigenvalue weighted by Crippen LogP contribution is 2.33. The van der Waals surface area contributed by atoms with Crippen LogP contribution in [-0.4, -0.2) is 98.0 Å². The fraction of sp³-hybridized carbons (Fsp3) is 0.480. The second kappa shape index (κ2) is 17.4. The van der Waals surface area contributed by atoms with Crippen molar-refractivity contribution >= 4 is 17.9 Å². The Bertz CT molecular complexity index is 1140. The molecule has 3 N–H and O–H groups in total. The Labute approximate surface area is 248 Å². The van der Waals surface area contributed by atoms with Gasteiger partial charge in [0.1, 0.15) is 0 Å². The number of pyridine rings is 2.